The molecule has 2 aromatic carbocycles. The smallest absolute Gasteiger partial charge is 0.280 e. The Morgan fingerprint density at radius 1 is 1.00 bits per heavy atom. The number of carbonyl (C=O) groups excluding carboxylic acids is 2. The molecule has 3 heterocycles. The highest BCUT2D eigenvalue weighted by molar-refractivity contribution is 5.98. The summed E-state index contributed by atoms with van der Waals surface area (Å²) in [7, 11) is 0. The average Bonchev–Trinajstić information content (AvgIpc) is 3.65. The number of rotatable bonds is 9. The van der Waals surface area contributed by atoms with Gasteiger partial charge in [-0.25, -0.2) is 9.67 Å². The third kappa shape index (κ3) is 5.45. The van der Waals surface area contributed by atoms with Gasteiger partial charge in [0.05, 0.1) is 30.5 Å². The molecule has 2 amide bonds. The topological polar surface area (TPSA) is 121 Å². The van der Waals surface area contributed by atoms with Gasteiger partial charge in [-0.3, -0.25) is 9.59 Å². The number of pyridine rings is 1. The van der Waals surface area contributed by atoms with Crippen LogP contribution in [0.25, 0.3) is 17.1 Å². The molecular weight excluding hydrogens is 494 g/mol. The third-order valence-corrected chi connectivity index (χ3v) is 6.82. The molecule has 1 saturated heterocycles. The Labute approximate surface area is 227 Å². The van der Waals surface area contributed by atoms with Crippen LogP contribution in [0.3, 0.4) is 0 Å². The lowest BCUT2D eigenvalue weighted by molar-refractivity contribution is -0.189. The Morgan fingerprint density at radius 2 is 1.72 bits per heavy atom. The van der Waals surface area contributed by atoms with E-state index in [1.54, 1.807) is 29.2 Å². The van der Waals surface area contributed by atoms with E-state index in [-0.39, 0.29) is 25.2 Å². The number of hydrogen-bond acceptors (Lipinski definition) is 6. The molecule has 1 aliphatic heterocycles. The highest BCUT2D eigenvalue weighted by Crippen LogP contribution is 2.27. The van der Waals surface area contributed by atoms with E-state index < -0.39 is 23.6 Å². The number of aromatic nitrogens is 3. The molecule has 5 rings (SSSR count). The Hall–Kier alpha value is -4.34. The second kappa shape index (κ2) is 11.2. The highest BCUT2D eigenvalue weighted by atomic mass is 16.7. The molecule has 1 atom stereocenters. The number of nitrogens with one attached hydrogen (secondary N) is 1. The van der Waals surface area contributed by atoms with Crippen molar-refractivity contribution in [2.24, 2.45) is 5.73 Å². The van der Waals surface area contributed by atoms with Crippen LogP contribution < -0.4 is 11.1 Å². The van der Waals surface area contributed by atoms with Crippen LogP contribution in [-0.2, 0) is 20.7 Å². The lowest BCUT2D eigenvalue weighted by Crippen LogP contribution is -2.61. The number of benzene rings is 2. The van der Waals surface area contributed by atoms with Crippen LogP contribution >= 0.6 is 0 Å². The van der Waals surface area contributed by atoms with Crippen LogP contribution in [0.2, 0.25) is 0 Å². The fourth-order valence-electron chi connectivity index (χ4n) is 4.70. The third-order valence-electron chi connectivity index (χ3n) is 6.82. The summed E-state index contributed by atoms with van der Waals surface area (Å²) in [6.45, 7) is 4.68. The van der Waals surface area contributed by atoms with E-state index >= 15 is 0 Å². The van der Waals surface area contributed by atoms with Crippen LogP contribution in [-0.4, -0.2) is 51.6 Å². The van der Waals surface area contributed by atoms with Gasteiger partial charge in [-0.05, 0) is 41.7 Å². The molecule has 0 spiro atoms. The van der Waals surface area contributed by atoms with Gasteiger partial charge in [0, 0.05) is 18.0 Å². The van der Waals surface area contributed by atoms with Crippen molar-refractivity contribution in [1.82, 2.24) is 20.1 Å². The van der Waals surface area contributed by atoms with Crippen molar-refractivity contribution >= 4 is 11.8 Å². The van der Waals surface area contributed by atoms with Crippen molar-refractivity contribution < 1.29 is 19.1 Å². The largest absolute Gasteiger partial charge is 0.365 e. The van der Waals surface area contributed by atoms with E-state index in [0.29, 0.717) is 11.7 Å². The van der Waals surface area contributed by atoms with E-state index in [9.17, 15) is 9.59 Å². The number of carbonyl (C=O) groups is 2. The molecule has 4 aromatic rings. The van der Waals surface area contributed by atoms with Gasteiger partial charge in [-0.15, -0.1) is 0 Å². The Kier molecular flexibility index (Phi) is 7.53. The summed E-state index contributed by atoms with van der Waals surface area (Å²) >= 11 is 0. The highest BCUT2D eigenvalue weighted by Gasteiger charge is 2.51. The molecule has 2 aromatic heterocycles. The van der Waals surface area contributed by atoms with E-state index in [1.165, 1.54) is 5.56 Å². The zero-order valence-electron chi connectivity index (χ0n) is 21.9. The van der Waals surface area contributed by atoms with Crippen molar-refractivity contribution in [2.75, 3.05) is 13.2 Å². The van der Waals surface area contributed by atoms with Crippen molar-refractivity contribution in [1.29, 1.82) is 0 Å². The second-order valence-corrected chi connectivity index (χ2v) is 9.74. The lowest BCUT2D eigenvalue weighted by Gasteiger charge is -2.33. The molecule has 0 radical (unpaired) electrons. The quantitative estimate of drug-likeness (QED) is 0.344. The molecule has 3 N–H and O–H groups in total. The fourth-order valence-corrected chi connectivity index (χ4v) is 4.70. The molecule has 200 valence electrons. The van der Waals surface area contributed by atoms with Crippen LogP contribution in [0, 0.1) is 0 Å². The average molecular weight is 526 g/mol. The first-order valence-electron chi connectivity index (χ1n) is 12.9. The number of ether oxygens (including phenoxy) is 2. The maximum absolute atomic E-state index is 13.7. The summed E-state index contributed by atoms with van der Waals surface area (Å²) in [6.07, 6.45) is 3.63. The van der Waals surface area contributed by atoms with Crippen LogP contribution in [0.4, 0.5) is 0 Å². The van der Waals surface area contributed by atoms with Crippen LogP contribution in [0.1, 0.15) is 41.3 Å². The number of amides is 2. The molecule has 0 saturated carbocycles. The van der Waals surface area contributed by atoms with E-state index in [4.69, 9.17) is 15.2 Å². The van der Waals surface area contributed by atoms with Gasteiger partial charge in [-0.2, -0.15) is 5.10 Å². The minimum absolute atomic E-state index is 0.191. The molecule has 39 heavy (non-hydrogen) atoms. The Bertz CT molecular complexity index is 1440. The van der Waals surface area contributed by atoms with E-state index in [1.807, 2.05) is 48.5 Å². The van der Waals surface area contributed by atoms with Crippen molar-refractivity contribution in [3.8, 4) is 17.1 Å². The van der Waals surface area contributed by atoms with Crippen LogP contribution in [0.15, 0.2) is 85.2 Å². The SMILES string of the molecule is CC(C)c1ccc(-c2ccn(-c3ncccc3C(=O)NC(Cc3ccccc3)C3(C(N)=O)OCCO3)n2)cc1. The van der Waals surface area contributed by atoms with Gasteiger partial charge in [0.1, 0.15) is 0 Å². The number of nitrogens with two attached hydrogens (primary N) is 1. The summed E-state index contributed by atoms with van der Waals surface area (Å²) in [5, 5.41) is 7.63. The molecule has 1 fully saturated rings. The zero-order chi connectivity index (χ0) is 27.4. The molecule has 0 aliphatic carbocycles. The minimum Gasteiger partial charge on any atom is -0.365 e. The monoisotopic (exact) mass is 525 g/mol. The maximum Gasteiger partial charge on any atom is 0.280 e. The van der Waals surface area contributed by atoms with E-state index in [2.05, 4.69) is 41.4 Å². The molecule has 1 unspecified atom stereocenters. The lowest BCUT2D eigenvalue weighted by atomic mass is 9.97. The first-order valence-corrected chi connectivity index (χ1v) is 12.9. The first kappa shape index (κ1) is 26.3. The summed E-state index contributed by atoms with van der Waals surface area (Å²) in [5.74, 6) is -2.26. The zero-order valence-corrected chi connectivity index (χ0v) is 21.9. The van der Waals surface area contributed by atoms with Gasteiger partial charge < -0.3 is 20.5 Å². The van der Waals surface area contributed by atoms with Gasteiger partial charge in [0.15, 0.2) is 5.82 Å². The predicted molar refractivity (Wildman–Crippen MR) is 146 cm³/mol. The van der Waals surface area contributed by atoms with Crippen molar-refractivity contribution in [3.63, 3.8) is 0 Å². The normalized spacial score (nSPS) is 15.3. The van der Waals surface area contributed by atoms with Crippen molar-refractivity contribution in [2.45, 2.75) is 38.0 Å². The fraction of sp³-hybridized carbons (Fsp3) is 0.267. The Balaban J connectivity index is 1.44. The van der Waals surface area contributed by atoms with E-state index in [0.717, 1.165) is 16.8 Å². The minimum atomic E-state index is -1.78. The summed E-state index contributed by atoms with van der Waals surface area (Å²) in [6, 6.07) is 22.0. The van der Waals surface area contributed by atoms with Crippen molar-refractivity contribution in [3.05, 3.63) is 102 Å². The van der Waals surface area contributed by atoms with Crippen LogP contribution in [0.5, 0.6) is 0 Å². The van der Waals surface area contributed by atoms with Gasteiger partial charge in [0.2, 0.25) is 0 Å². The number of nitrogens with zero attached hydrogens (tertiary/aromatic N) is 3. The number of primary amides is 1. The molecule has 9 heteroatoms. The number of hydrogen-bond donors (Lipinski definition) is 2. The summed E-state index contributed by atoms with van der Waals surface area (Å²) < 4.78 is 13.0. The molecule has 0 bridgehead atoms. The Morgan fingerprint density at radius 3 is 2.38 bits per heavy atom. The van der Waals surface area contributed by atoms with Gasteiger partial charge >= 0.3 is 0 Å². The first-order chi connectivity index (χ1) is 18.9. The molecule has 1 aliphatic rings. The molecular formula is C30H31N5O4. The maximum atomic E-state index is 13.7. The van der Waals surface area contributed by atoms with Gasteiger partial charge in [0.25, 0.3) is 17.6 Å². The second-order valence-electron chi connectivity index (χ2n) is 9.74. The summed E-state index contributed by atoms with van der Waals surface area (Å²) in [5.41, 5.74) is 9.86. The standard InChI is InChI=1S/C30H31N5O4/c1-20(2)22-10-12-23(13-11-22)25-14-16-35(34-25)27-24(9-6-15-32-27)28(36)33-26(19-21-7-4-3-5-8-21)30(29(31)37)38-17-18-39-30/h3-16,20,26H,17-19H2,1-2H3,(H2,31,37)(H,33,36). The summed E-state index contributed by atoms with van der Waals surface area (Å²) in [4.78, 5) is 30.7. The van der Waals surface area contributed by atoms with Gasteiger partial charge in [-0.1, -0.05) is 68.4 Å². The predicted octanol–water partition coefficient (Wildman–Crippen LogP) is 3.63. The molecule has 9 nitrogen and oxygen atoms in total.